The first-order valence-corrected chi connectivity index (χ1v) is 16.7. The molecular weight excluding hydrogens is 659 g/mol. The highest BCUT2D eigenvalue weighted by molar-refractivity contribution is 7.47. The Morgan fingerprint density at radius 2 is 1.40 bits per heavy atom. The Balaban J connectivity index is 1.62. The summed E-state index contributed by atoms with van der Waals surface area (Å²) in [6, 6.07) is 2.38. The largest absolute Gasteiger partial charge is 0.472 e. The maximum absolute atomic E-state index is 12.7. The quantitative estimate of drug-likeness (QED) is 0.161. The SMILES string of the molecule is COC[C@H]1O[C@@H](n2ccc(=O)[nH]c2=O)[C@H](OC)[C@@H]1CCN(CCN(C)C)C[C@H]1O[C@@H](n2ccc(=O)[nH]c2=O)[C@H](OC)[C@@H]1OP(=O)(O)OC. The van der Waals surface area contributed by atoms with Crippen LogP contribution in [0.5, 0.6) is 0 Å². The van der Waals surface area contributed by atoms with E-state index in [0.29, 0.717) is 26.1 Å². The molecule has 1 unspecified atom stereocenters. The van der Waals surface area contributed by atoms with Gasteiger partial charge in [-0.1, -0.05) is 0 Å². The van der Waals surface area contributed by atoms with Crippen LogP contribution < -0.4 is 22.5 Å². The third-order valence-electron chi connectivity index (χ3n) is 8.47. The molecule has 2 aliphatic heterocycles. The second-order valence-corrected chi connectivity index (χ2v) is 13.3. The van der Waals surface area contributed by atoms with Gasteiger partial charge >= 0.3 is 19.2 Å². The number of rotatable bonds is 17. The van der Waals surface area contributed by atoms with Gasteiger partial charge < -0.3 is 33.5 Å². The summed E-state index contributed by atoms with van der Waals surface area (Å²) in [5.41, 5.74) is -2.53. The highest BCUT2D eigenvalue weighted by Crippen LogP contribution is 2.48. The molecule has 4 heterocycles. The Labute approximate surface area is 275 Å². The van der Waals surface area contributed by atoms with Gasteiger partial charge in [0.05, 0.1) is 12.7 Å². The molecule has 0 bridgehead atoms. The van der Waals surface area contributed by atoms with Crippen LogP contribution in [0.1, 0.15) is 18.9 Å². The summed E-state index contributed by atoms with van der Waals surface area (Å²) in [7, 11) is 4.72. The van der Waals surface area contributed by atoms with Crippen LogP contribution in [0.3, 0.4) is 0 Å². The molecule has 2 fully saturated rings. The predicted molar refractivity (Wildman–Crippen MR) is 169 cm³/mol. The van der Waals surface area contributed by atoms with Crippen molar-refractivity contribution >= 4 is 7.82 Å². The summed E-state index contributed by atoms with van der Waals surface area (Å²) in [5, 5.41) is 0. The number of phosphoric acid groups is 1. The van der Waals surface area contributed by atoms with Crippen molar-refractivity contribution in [2.75, 3.05) is 75.3 Å². The Morgan fingerprint density at radius 3 is 1.90 bits per heavy atom. The van der Waals surface area contributed by atoms with E-state index in [-0.39, 0.29) is 19.1 Å². The van der Waals surface area contributed by atoms with Gasteiger partial charge in [-0.15, -0.1) is 0 Å². The number of hydrogen-bond donors (Lipinski definition) is 3. The average molecular weight is 705 g/mol. The molecule has 3 N–H and O–H groups in total. The molecule has 48 heavy (non-hydrogen) atoms. The van der Waals surface area contributed by atoms with Crippen molar-refractivity contribution in [1.82, 2.24) is 28.9 Å². The van der Waals surface area contributed by atoms with Gasteiger partial charge in [-0.3, -0.25) is 42.6 Å². The van der Waals surface area contributed by atoms with Crippen LogP contribution in [0.25, 0.3) is 0 Å². The molecule has 0 radical (unpaired) electrons. The first-order valence-electron chi connectivity index (χ1n) is 15.2. The van der Waals surface area contributed by atoms with E-state index in [9.17, 15) is 28.6 Å². The zero-order chi connectivity index (χ0) is 35.2. The van der Waals surface area contributed by atoms with E-state index < -0.39 is 73.3 Å². The van der Waals surface area contributed by atoms with Gasteiger partial charge in [0.1, 0.15) is 24.4 Å². The van der Waals surface area contributed by atoms with Crippen LogP contribution in [0, 0.1) is 5.92 Å². The summed E-state index contributed by atoms with van der Waals surface area (Å²) in [5.74, 6) is -0.262. The predicted octanol–water partition coefficient (Wildman–Crippen LogP) is -1.44. The zero-order valence-corrected chi connectivity index (χ0v) is 28.6. The lowest BCUT2D eigenvalue weighted by Crippen LogP contribution is -2.45. The molecular formula is C28H45N6O13P. The summed E-state index contributed by atoms with van der Waals surface area (Å²) >= 11 is 0. The Morgan fingerprint density at radius 1 is 0.833 bits per heavy atom. The highest BCUT2D eigenvalue weighted by atomic mass is 31.2. The summed E-state index contributed by atoms with van der Waals surface area (Å²) in [4.78, 5) is 67.6. The van der Waals surface area contributed by atoms with Crippen LogP contribution in [-0.2, 0) is 37.3 Å². The van der Waals surface area contributed by atoms with Gasteiger partial charge in [0, 0.05) is 78.5 Å². The van der Waals surface area contributed by atoms with Gasteiger partial charge in [0.15, 0.2) is 12.5 Å². The van der Waals surface area contributed by atoms with Crippen LogP contribution in [0.2, 0.25) is 0 Å². The Bertz CT molecular complexity index is 1630. The monoisotopic (exact) mass is 704 g/mol. The minimum atomic E-state index is -4.56. The minimum Gasteiger partial charge on any atom is -0.382 e. The van der Waals surface area contributed by atoms with Crippen molar-refractivity contribution in [2.45, 2.75) is 49.4 Å². The van der Waals surface area contributed by atoms with Gasteiger partial charge in [-0.25, -0.2) is 14.2 Å². The number of nitrogens with one attached hydrogen (secondary N) is 2. The fourth-order valence-corrected chi connectivity index (χ4v) is 6.75. The number of nitrogens with zero attached hydrogens (tertiary/aromatic N) is 4. The van der Waals surface area contributed by atoms with Crippen LogP contribution in [-0.4, -0.2) is 140 Å². The van der Waals surface area contributed by atoms with Gasteiger partial charge in [-0.05, 0) is 27.1 Å². The molecule has 20 heteroatoms. The fourth-order valence-electron chi connectivity index (χ4n) is 6.10. The minimum absolute atomic E-state index is 0.166. The molecule has 0 aromatic carbocycles. The summed E-state index contributed by atoms with van der Waals surface area (Å²) < 4.78 is 54.8. The zero-order valence-electron chi connectivity index (χ0n) is 27.8. The number of aromatic amines is 2. The van der Waals surface area contributed by atoms with Gasteiger partial charge in [0.25, 0.3) is 11.1 Å². The second-order valence-electron chi connectivity index (χ2n) is 11.8. The van der Waals surface area contributed by atoms with Crippen LogP contribution >= 0.6 is 7.82 Å². The molecule has 19 nitrogen and oxygen atoms in total. The summed E-state index contributed by atoms with van der Waals surface area (Å²) in [6.45, 7) is 2.00. The number of phosphoric ester groups is 1. The second kappa shape index (κ2) is 16.7. The molecule has 9 atom stereocenters. The van der Waals surface area contributed by atoms with E-state index >= 15 is 0 Å². The van der Waals surface area contributed by atoms with Crippen molar-refractivity contribution in [3.8, 4) is 0 Å². The standard InChI is InChI=1S/C28H45N6O13P/c1-31(2)13-14-32(10-7-17-19(16-41-3)46-25(22(17)42-4)33-11-8-20(35)29-27(33)37)15-18-23(47-48(39,40)44-6)24(43-5)26(45-18)34-12-9-21(36)30-28(34)38/h8-9,11-12,17-19,22-26H,7,10,13-16H2,1-6H3,(H,39,40)(H,29,35,37)(H,30,36,38)/t17-,18-,19-,22-,23-,24-,25-,26-/m1/s1. The first-order chi connectivity index (χ1) is 22.8. The van der Waals surface area contributed by atoms with E-state index in [2.05, 4.69) is 14.9 Å². The van der Waals surface area contributed by atoms with Crippen molar-refractivity contribution in [3.63, 3.8) is 0 Å². The molecule has 2 aromatic heterocycles. The van der Waals surface area contributed by atoms with E-state index in [1.54, 1.807) is 7.11 Å². The normalized spacial score (nSPS) is 28.8. The molecule has 0 saturated carbocycles. The van der Waals surface area contributed by atoms with Crippen LogP contribution in [0.15, 0.2) is 43.7 Å². The lowest BCUT2D eigenvalue weighted by Gasteiger charge is -2.31. The molecule has 0 amide bonds. The van der Waals surface area contributed by atoms with Crippen molar-refractivity contribution in [2.24, 2.45) is 5.92 Å². The molecule has 2 saturated heterocycles. The van der Waals surface area contributed by atoms with Gasteiger partial charge in [0.2, 0.25) is 0 Å². The maximum Gasteiger partial charge on any atom is 0.472 e. The number of aromatic nitrogens is 4. The summed E-state index contributed by atoms with van der Waals surface area (Å²) in [6.07, 6.45) is -3.01. The molecule has 2 aromatic rings. The number of hydrogen-bond acceptors (Lipinski definition) is 14. The lowest BCUT2D eigenvalue weighted by molar-refractivity contribution is -0.0667. The average Bonchev–Trinajstić information content (AvgIpc) is 3.54. The van der Waals surface area contributed by atoms with E-state index in [1.807, 2.05) is 19.0 Å². The number of methoxy groups -OCH3 is 3. The lowest BCUT2D eigenvalue weighted by atomic mass is 9.93. The Kier molecular flexibility index (Phi) is 13.2. The topological polar surface area (TPSA) is 218 Å². The molecule has 270 valence electrons. The van der Waals surface area contributed by atoms with E-state index in [4.69, 9.17) is 32.7 Å². The van der Waals surface area contributed by atoms with E-state index in [0.717, 1.165) is 17.7 Å². The van der Waals surface area contributed by atoms with Crippen molar-refractivity contribution < 1.29 is 42.2 Å². The van der Waals surface area contributed by atoms with Gasteiger partial charge in [-0.2, -0.15) is 0 Å². The molecule has 2 aliphatic rings. The first kappa shape index (κ1) is 38.0. The fraction of sp³-hybridized carbons (Fsp3) is 0.714. The smallest absolute Gasteiger partial charge is 0.382 e. The Hall–Kier alpha value is -2.81. The molecule has 0 aliphatic carbocycles. The van der Waals surface area contributed by atoms with Crippen molar-refractivity contribution in [1.29, 1.82) is 0 Å². The van der Waals surface area contributed by atoms with Crippen LogP contribution in [0.4, 0.5) is 0 Å². The molecule has 0 spiro atoms. The third-order valence-corrected chi connectivity index (χ3v) is 9.44. The van der Waals surface area contributed by atoms with Crippen molar-refractivity contribution in [3.05, 3.63) is 66.2 Å². The van der Waals surface area contributed by atoms with E-state index in [1.165, 1.54) is 37.2 Å². The number of ether oxygens (including phenoxy) is 5. The molecule has 4 rings (SSSR count). The number of likely N-dealkylation sites (N-methyl/N-ethyl adjacent to an activating group) is 1. The highest BCUT2D eigenvalue weighted by Gasteiger charge is 2.51. The third kappa shape index (κ3) is 9.05. The number of H-pyrrole nitrogens is 2. The maximum atomic E-state index is 12.7.